The molecule has 1 aromatic rings. The van der Waals surface area contributed by atoms with E-state index in [1.165, 1.54) is 24.1 Å². The summed E-state index contributed by atoms with van der Waals surface area (Å²) in [5.74, 6) is 1.79. The van der Waals surface area contributed by atoms with E-state index in [0.717, 1.165) is 37.9 Å². The Morgan fingerprint density at radius 3 is 2.78 bits per heavy atom. The summed E-state index contributed by atoms with van der Waals surface area (Å²) in [6, 6.07) is 6.34. The van der Waals surface area contributed by atoms with Crippen LogP contribution in [-0.4, -0.2) is 26.2 Å². The van der Waals surface area contributed by atoms with Gasteiger partial charge < -0.3 is 15.4 Å². The lowest BCUT2D eigenvalue weighted by molar-refractivity contribution is 0.338. The Hall–Kier alpha value is -1.22. The maximum absolute atomic E-state index is 5.55. The van der Waals surface area contributed by atoms with E-state index in [-0.39, 0.29) is 0 Å². The molecule has 1 aliphatic rings. The van der Waals surface area contributed by atoms with Gasteiger partial charge in [0.1, 0.15) is 5.75 Å². The van der Waals surface area contributed by atoms with Gasteiger partial charge in [0, 0.05) is 12.2 Å². The monoisotopic (exact) mass is 248 g/mol. The summed E-state index contributed by atoms with van der Waals surface area (Å²) in [5.41, 5.74) is 2.40. The van der Waals surface area contributed by atoms with Crippen LogP contribution in [0, 0.1) is 12.8 Å². The summed E-state index contributed by atoms with van der Waals surface area (Å²) in [5, 5.41) is 6.94. The van der Waals surface area contributed by atoms with Crippen LogP contribution in [0.2, 0.25) is 0 Å². The molecule has 1 aromatic carbocycles. The molecular formula is C15H24N2O. The first-order chi connectivity index (χ1) is 8.79. The first-order valence-corrected chi connectivity index (χ1v) is 6.97. The van der Waals surface area contributed by atoms with Crippen LogP contribution in [0.15, 0.2) is 18.2 Å². The van der Waals surface area contributed by atoms with E-state index in [0.29, 0.717) is 0 Å². The van der Waals surface area contributed by atoms with Crippen LogP contribution in [0.1, 0.15) is 25.3 Å². The first kappa shape index (κ1) is 13.2. The lowest BCUT2D eigenvalue weighted by Crippen LogP contribution is -2.31. The molecule has 1 fully saturated rings. The van der Waals surface area contributed by atoms with Crippen LogP contribution in [-0.2, 0) is 0 Å². The maximum atomic E-state index is 5.55. The molecule has 0 atom stereocenters. The molecular weight excluding hydrogens is 224 g/mol. The predicted octanol–water partition coefficient (Wildman–Crippen LogP) is 2.81. The van der Waals surface area contributed by atoms with Crippen LogP contribution in [0.25, 0.3) is 0 Å². The van der Waals surface area contributed by atoms with Gasteiger partial charge in [0.05, 0.1) is 6.61 Å². The number of benzene rings is 1. The van der Waals surface area contributed by atoms with Crippen LogP contribution >= 0.6 is 0 Å². The van der Waals surface area contributed by atoms with Gasteiger partial charge in [-0.15, -0.1) is 0 Å². The van der Waals surface area contributed by atoms with Crippen molar-refractivity contribution in [2.24, 2.45) is 5.92 Å². The minimum Gasteiger partial charge on any atom is -0.494 e. The van der Waals surface area contributed by atoms with Gasteiger partial charge in [-0.05, 0) is 69.5 Å². The molecule has 0 amide bonds. The fourth-order valence-electron chi connectivity index (χ4n) is 2.42. The number of rotatable bonds is 5. The minimum atomic E-state index is 0.725. The second-order valence-corrected chi connectivity index (χ2v) is 4.99. The highest BCUT2D eigenvalue weighted by molar-refractivity contribution is 5.50. The average molecular weight is 248 g/mol. The Balaban J connectivity index is 1.87. The fraction of sp³-hybridized carbons (Fsp3) is 0.600. The maximum Gasteiger partial charge on any atom is 0.122 e. The summed E-state index contributed by atoms with van der Waals surface area (Å²) < 4.78 is 5.55. The molecule has 0 bridgehead atoms. The minimum absolute atomic E-state index is 0.725. The average Bonchev–Trinajstić information content (AvgIpc) is 2.41. The summed E-state index contributed by atoms with van der Waals surface area (Å²) in [6.07, 6.45) is 2.56. The van der Waals surface area contributed by atoms with Crippen molar-refractivity contribution in [1.29, 1.82) is 0 Å². The van der Waals surface area contributed by atoms with E-state index in [2.05, 4.69) is 35.8 Å². The molecule has 3 nitrogen and oxygen atoms in total. The zero-order valence-electron chi connectivity index (χ0n) is 11.5. The number of anilines is 1. The molecule has 0 radical (unpaired) electrons. The molecule has 1 saturated heterocycles. The highest BCUT2D eigenvalue weighted by atomic mass is 16.5. The third-order valence-corrected chi connectivity index (χ3v) is 3.53. The molecule has 0 aliphatic carbocycles. The zero-order chi connectivity index (χ0) is 12.8. The highest BCUT2D eigenvalue weighted by Gasteiger charge is 2.12. The van der Waals surface area contributed by atoms with Gasteiger partial charge >= 0.3 is 0 Å². The third kappa shape index (κ3) is 3.64. The van der Waals surface area contributed by atoms with Crippen molar-refractivity contribution >= 4 is 5.69 Å². The topological polar surface area (TPSA) is 33.3 Å². The normalized spacial score (nSPS) is 16.6. The lowest BCUT2D eigenvalue weighted by Gasteiger charge is -2.23. The molecule has 2 rings (SSSR count). The van der Waals surface area contributed by atoms with E-state index in [1.54, 1.807) is 0 Å². The van der Waals surface area contributed by atoms with Gasteiger partial charge in [0.25, 0.3) is 0 Å². The van der Waals surface area contributed by atoms with Gasteiger partial charge in [-0.25, -0.2) is 0 Å². The SMILES string of the molecule is CCOc1ccc(NCC2CCNCC2)cc1C. The second kappa shape index (κ2) is 6.64. The summed E-state index contributed by atoms with van der Waals surface area (Å²) in [7, 11) is 0. The van der Waals surface area contributed by atoms with E-state index in [4.69, 9.17) is 4.74 Å². The molecule has 100 valence electrons. The number of nitrogens with one attached hydrogen (secondary N) is 2. The van der Waals surface area contributed by atoms with Crippen molar-refractivity contribution in [1.82, 2.24) is 5.32 Å². The Kier molecular flexibility index (Phi) is 4.88. The first-order valence-electron chi connectivity index (χ1n) is 6.97. The van der Waals surface area contributed by atoms with E-state index in [1.807, 2.05) is 6.92 Å². The number of aryl methyl sites for hydroxylation is 1. The molecule has 2 N–H and O–H groups in total. The molecule has 0 aromatic heterocycles. The van der Waals surface area contributed by atoms with Crippen molar-refractivity contribution in [2.75, 3.05) is 31.6 Å². The van der Waals surface area contributed by atoms with Crippen molar-refractivity contribution in [3.05, 3.63) is 23.8 Å². The van der Waals surface area contributed by atoms with Gasteiger partial charge in [0.15, 0.2) is 0 Å². The predicted molar refractivity (Wildman–Crippen MR) is 76.4 cm³/mol. The van der Waals surface area contributed by atoms with Gasteiger partial charge in [0.2, 0.25) is 0 Å². The van der Waals surface area contributed by atoms with Gasteiger partial charge in [-0.2, -0.15) is 0 Å². The molecule has 0 saturated carbocycles. The Bertz CT molecular complexity index is 373. The Morgan fingerprint density at radius 2 is 2.11 bits per heavy atom. The van der Waals surface area contributed by atoms with Gasteiger partial charge in [-0.3, -0.25) is 0 Å². The van der Waals surface area contributed by atoms with E-state index < -0.39 is 0 Å². The molecule has 1 aliphatic heterocycles. The Labute approximate surface area is 110 Å². The van der Waals surface area contributed by atoms with Crippen molar-refractivity contribution in [3.8, 4) is 5.75 Å². The number of ether oxygens (including phenoxy) is 1. The van der Waals surface area contributed by atoms with Crippen molar-refractivity contribution < 1.29 is 4.74 Å². The van der Waals surface area contributed by atoms with Crippen molar-refractivity contribution in [2.45, 2.75) is 26.7 Å². The van der Waals surface area contributed by atoms with Gasteiger partial charge in [-0.1, -0.05) is 0 Å². The number of hydrogen-bond acceptors (Lipinski definition) is 3. The molecule has 3 heteroatoms. The third-order valence-electron chi connectivity index (χ3n) is 3.53. The quantitative estimate of drug-likeness (QED) is 0.840. The number of hydrogen-bond donors (Lipinski definition) is 2. The van der Waals surface area contributed by atoms with E-state index >= 15 is 0 Å². The molecule has 18 heavy (non-hydrogen) atoms. The lowest BCUT2D eigenvalue weighted by atomic mass is 9.98. The summed E-state index contributed by atoms with van der Waals surface area (Å²) in [6.45, 7) is 8.24. The standard InChI is InChI=1S/C15H24N2O/c1-3-18-15-5-4-14(10-12(15)2)17-11-13-6-8-16-9-7-13/h4-5,10,13,16-17H,3,6-9,11H2,1-2H3. The fourth-order valence-corrected chi connectivity index (χ4v) is 2.42. The van der Waals surface area contributed by atoms with Crippen LogP contribution in [0.5, 0.6) is 5.75 Å². The van der Waals surface area contributed by atoms with Crippen LogP contribution < -0.4 is 15.4 Å². The van der Waals surface area contributed by atoms with Crippen LogP contribution in [0.4, 0.5) is 5.69 Å². The number of piperidine rings is 1. The van der Waals surface area contributed by atoms with E-state index in [9.17, 15) is 0 Å². The smallest absolute Gasteiger partial charge is 0.122 e. The molecule has 1 heterocycles. The molecule has 0 spiro atoms. The largest absolute Gasteiger partial charge is 0.494 e. The van der Waals surface area contributed by atoms with Crippen molar-refractivity contribution in [3.63, 3.8) is 0 Å². The summed E-state index contributed by atoms with van der Waals surface area (Å²) >= 11 is 0. The second-order valence-electron chi connectivity index (χ2n) is 4.99. The zero-order valence-corrected chi connectivity index (χ0v) is 11.5. The highest BCUT2D eigenvalue weighted by Crippen LogP contribution is 2.22. The Morgan fingerprint density at radius 1 is 1.33 bits per heavy atom. The molecule has 0 unspecified atom stereocenters. The van der Waals surface area contributed by atoms with Crippen LogP contribution in [0.3, 0.4) is 0 Å². The summed E-state index contributed by atoms with van der Waals surface area (Å²) in [4.78, 5) is 0.